The van der Waals surface area contributed by atoms with E-state index < -0.39 is 0 Å². The van der Waals surface area contributed by atoms with E-state index in [9.17, 15) is 0 Å². The van der Waals surface area contributed by atoms with Gasteiger partial charge in [-0.25, -0.2) is 0 Å². The maximum atomic E-state index is 3.78. The van der Waals surface area contributed by atoms with Gasteiger partial charge >= 0.3 is 0 Å². The molecule has 1 aromatic carbocycles. The molecule has 1 heterocycles. The van der Waals surface area contributed by atoms with E-state index in [1.807, 2.05) is 11.3 Å². The van der Waals surface area contributed by atoms with Crippen LogP contribution in [0.2, 0.25) is 0 Å². The van der Waals surface area contributed by atoms with E-state index in [0.717, 1.165) is 0 Å². The van der Waals surface area contributed by atoms with Crippen molar-refractivity contribution in [3.63, 3.8) is 0 Å². The monoisotopic (exact) mass is 294 g/mol. The second-order valence-electron chi connectivity index (χ2n) is 4.16. The summed E-state index contributed by atoms with van der Waals surface area (Å²) in [6.45, 7) is 6.47. The van der Waals surface area contributed by atoms with Crippen LogP contribution in [0.1, 0.15) is 31.3 Å². The lowest BCUT2D eigenvalue weighted by molar-refractivity contribution is 1.21. The minimum Gasteiger partial charge on any atom is -0.144 e. The smallest absolute Gasteiger partial charge is 0.0738 e. The summed E-state index contributed by atoms with van der Waals surface area (Å²) in [5.41, 5.74) is 4.02. The number of alkyl halides is 1. The minimum atomic E-state index is 0.325. The van der Waals surface area contributed by atoms with Gasteiger partial charge < -0.3 is 0 Å². The Morgan fingerprint density at radius 2 is 1.69 bits per heavy atom. The van der Waals surface area contributed by atoms with Crippen LogP contribution in [-0.2, 0) is 0 Å². The molecule has 0 aliphatic rings. The lowest BCUT2D eigenvalue weighted by Crippen LogP contribution is -1.89. The summed E-state index contributed by atoms with van der Waals surface area (Å²) < 4.78 is 0. The topological polar surface area (TPSA) is 0 Å². The Morgan fingerprint density at radius 1 is 1.06 bits per heavy atom. The van der Waals surface area contributed by atoms with Crippen LogP contribution in [0.3, 0.4) is 0 Å². The molecule has 0 bridgehead atoms. The maximum Gasteiger partial charge on any atom is 0.0738 e. The van der Waals surface area contributed by atoms with E-state index in [0.29, 0.717) is 4.83 Å². The molecule has 0 aliphatic heterocycles. The largest absolute Gasteiger partial charge is 0.144 e. The molecule has 2 rings (SSSR count). The number of hydrogen-bond donors (Lipinski definition) is 0. The van der Waals surface area contributed by atoms with E-state index in [4.69, 9.17) is 0 Å². The Labute approximate surface area is 109 Å². The van der Waals surface area contributed by atoms with Crippen molar-refractivity contribution in [3.05, 3.63) is 56.8 Å². The summed E-state index contributed by atoms with van der Waals surface area (Å²) in [4.78, 5) is 3.12. The fourth-order valence-corrected chi connectivity index (χ4v) is 3.39. The van der Waals surface area contributed by atoms with Gasteiger partial charge in [0.1, 0.15) is 0 Å². The van der Waals surface area contributed by atoms with Crippen LogP contribution in [0.15, 0.2) is 30.3 Å². The third-order valence-electron chi connectivity index (χ3n) is 2.80. The van der Waals surface area contributed by atoms with Gasteiger partial charge in [-0.3, -0.25) is 0 Å². The van der Waals surface area contributed by atoms with E-state index in [1.165, 1.54) is 26.4 Å². The fourth-order valence-electron chi connectivity index (χ4n) is 1.63. The van der Waals surface area contributed by atoms with Crippen molar-refractivity contribution in [1.29, 1.82) is 0 Å². The molecule has 0 N–H and O–H groups in total. The van der Waals surface area contributed by atoms with E-state index in [-0.39, 0.29) is 0 Å². The number of thiophene rings is 1. The van der Waals surface area contributed by atoms with Gasteiger partial charge in [-0.05, 0) is 38.0 Å². The van der Waals surface area contributed by atoms with Gasteiger partial charge in [-0.2, -0.15) is 0 Å². The van der Waals surface area contributed by atoms with Crippen LogP contribution in [0.25, 0.3) is 0 Å². The van der Waals surface area contributed by atoms with Crippen molar-refractivity contribution < 1.29 is 0 Å². The Balaban J connectivity index is 2.31. The summed E-state index contributed by atoms with van der Waals surface area (Å²) >= 11 is 5.65. The number of hydrogen-bond acceptors (Lipinski definition) is 1. The Bertz CT molecular complexity index is 462. The molecule has 2 heteroatoms. The zero-order valence-corrected chi connectivity index (χ0v) is 12.2. The molecule has 0 fully saturated rings. The van der Waals surface area contributed by atoms with Gasteiger partial charge in [0, 0.05) is 9.75 Å². The molecule has 0 spiro atoms. The van der Waals surface area contributed by atoms with Gasteiger partial charge in [0.25, 0.3) is 0 Å². The normalized spacial score (nSPS) is 12.8. The third kappa shape index (κ3) is 2.38. The Hall–Kier alpha value is -0.600. The predicted molar refractivity (Wildman–Crippen MR) is 75.7 cm³/mol. The summed E-state index contributed by atoms with van der Waals surface area (Å²) in [7, 11) is 0. The molecule has 16 heavy (non-hydrogen) atoms. The quantitative estimate of drug-likeness (QED) is 0.671. The lowest BCUT2D eigenvalue weighted by atomic mass is 10.1. The van der Waals surface area contributed by atoms with Crippen molar-refractivity contribution in [2.45, 2.75) is 25.6 Å². The molecule has 1 atom stereocenters. The van der Waals surface area contributed by atoms with E-state index >= 15 is 0 Å². The predicted octanol–water partition coefficient (Wildman–Crippen LogP) is 5.16. The van der Waals surface area contributed by atoms with Crippen molar-refractivity contribution >= 4 is 27.3 Å². The standard InChI is InChI=1S/C14H15BrS/c1-9-4-6-12(7-5-9)14(15)13-8-10(2)11(3)16-13/h4-8,14H,1-3H3. The first-order valence-electron chi connectivity index (χ1n) is 5.35. The molecule has 0 radical (unpaired) electrons. The molecule has 0 aliphatic carbocycles. The molecule has 0 nitrogen and oxygen atoms in total. The highest BCUT2D eigenvalue weighted by Crippen LogP contribution is 2.36. The Kier molecular flexibility index (Phi) is 3.50. The van der Waals surface area contributed by atoms with E-state index in [1.54, 1.807) is 0 Å². The highest BCUT2D eigenvalue weighted by molar-refractivity contribution is 9.09. The van der Waals surface area contributed by atoms with Gasteiger partial charge in [0.05, 0.1) is 4.83 Å². The molecule has 1 unspecified atom stereocenters. The van der Waals surface area contributed by atoms with E-state index in [2.05, 4.69) is 67.0 Å². The molecule has 2 aromatic rings. The average molecular weight is 295 g/mol. The Morgan fingerprint density at radius 3 is 2.19 bits per heavy atom. The van der Waals surface area contributed by atoms with Crippen LogP contribution in [-0.4, -0.2) is 0 Å². The van der Waals surface area contributed by atoms with Gasteiger partial charge in [-0.1, -0.05) is 45.8 Å². The molecule has 84 valence electrons. The van der Waals surface area contributed by atoms with Crippen LogP contribution >= 0.6 is 27.3 Å². The first-order chi connectivity index (χ1) is 7.58. The number of benzene rings is 1. The van der Waals surface area contributed by atoms with Crippen LogP contribution in [0, 0.1) is 20.8 Å². The molecular weight excluding hydrogens is 280 g/mol. The van der Waals surface area contributed by atoms with Crippen LogP contribution in [0.4, 0.5) is 0 Å². The van der Waals surface area contributed by atoms with Crippen molar-refractivity contribution in [1.82, 2.24) is 0 Å². The zero-order chi connectivity index (χ0) is 11.7. The number of rotatable bonds is 2. The molecular formula is C14H15BrS. The second-order valence-corrected chi connectivity index (χ2v) is 6.36. The number of halogens is 1. The van der Waals surface area contributed by atoms with Crippen molar-refractivity contribution in [3.8, 4) is 0 Å². The highest BCUT2D eigenvalue weighted by Gasteiger charge is 2.13. The fraction of sp³-hybridized carbons (Fsp3) is 0.286. The van der Waals surface area contributed by atoms with Gasteiger partial charge in [0.2, 0.25) is 0 Å². The summed E-state index contributed by atoms with van der Waals surface area (Å²) in [6.07, 6.45) is 0. The zero-order valence-electron chi connectivity index (χ0n) is 9.75. The van der Waals surface area contributed by atoms with Gasteiger partial charge in [0.15, 0.2) is 0 Å². The number of aryl methyl sites for hydroxylation is 3. The summed E-state index contributed by atoms with van der Waals surface area (Å²) in [5, 5.41) is 0. The minimum absolute atomic E-state index is 0.325. The molecule has 1 aromatic heterocycles. The highest BCUT2D eigenvalue weighted by atomic mass is 79.9. The first-order valence-corrected chi connectivity index (χ1v) is 7.08. The lowest BCUT2D eigenvalue weighted by Gasteiger charge is -2.08. The van der Waals surface area contributed by atoms with Crippen LogP contribution < -0.4 is 0 Å². The average Bonchev–Trinajstić information content (AvgIpc) is 2.59. The second kappa shape index (κ2) is 4.72. The SMILES string of the molecule is Cc1ccc(C(Br)c2cc(C)c(C)s2)cc1. The molecule has 0 saturated heterocycles. The van der Waals surface area contributed by atoms with Crippen molar-refractivity contribution in [2.24, 2.45) is 0 Å². The first kappa shape index (κ1) is 11.9. The van der Waals surface area contributed by atoms with Gasteiger partial charge in [-0.15, -0.1) is 11.3 Å². The summed E-state index contributed by atoms with van der Waals surface area (Å²) in [5.74, 6) is 0. The molecule has 0 saturated carbocycles. The van der Waals surface area contributed by atoms with Crippen LogP contribution in [0.5, 0.6) is 0 Å². The molecule has 0 amide bonds. The third-order valence-corrected chi connectivity index (χ3v) is 5.35. The summed E-state index contributed by atoms with van der Waals surface area (Å²) in [6, 6.07) is 11.0. The van der Waals surface area contributed by atoms with Crippen molar-refractivity contribution in [2.75, 3.05) is 0 Å². The maximum absolute atomic E-state index is 3.78.